The molecule has 1 aromatic heterocycles. The maximum atomic E-state index is 13.7. The van der Waals surface area contributed by atoms with E-state index in [0.717, 1.165) is 12.1 Å². The molecular formula is C14H10F2N4O2S. The topological polar surface area (TPSA) is 88.6 Å². The molecule has 118 valence electrons. The Morgan fingerprint density at radius 1 is 1.09 bits per heavy atom. The third kappa shape index (κ3) is 3.24. The number of tetrazole rings is 1. The summed E-state index contributed by atoms with van der Waals surface area (Å²) in [4.78, 5) is -0.538. The average Bonchev–Trinajstić information content (AvgIpc) is 3.00. The predicted octanol–water partition coefficient (Wildman–Crippen LogP) is 2.12. The van der Waals surface area contributed by atoms with Gasteiger partial charge in [0.05, 0.1) is 5.75 Å². The van der Waals surface area contributed by atoms with Crippen molar-refractivity contribution in [3.63, 3.8) is 0 Å². The number of sulfone groups is 1. The summed E-state index contributed by atoms with van der Waals surface area (Å²) in [5, 5.41) is 13.3. The Morgan fingerprint density at radius 2 is 1.91 bits per heavy atom. The van der Waals surface area contributed by atoms with Crippen LogP contribution in [0.3, 0.4) is 0 Å². The molecule has 0 unspecified atom stereocenters. The van der Waals surface area contributed by atoms with Crippen LogP contribution in [0.5, 0.6) is 0 Å². The summed E-state index contributed by atoms with van der Waals surface area (Å²) in [6, 6.07) is 8.86. The minimum absolute atomic E-state index is 0.317. The first-order chi connectivity index (χ1) is 11.0. The van der Waals surface area contributed by atoms with E-state index in [2.05, 4.69) is 20.6 Å². The molecule has 0 radical (unpaired) electrons. The minimum atomic E-state index is -3.95. The molecule has 2 aromatic carbocycles. The van der Waals surface area contributed by atoms with E-state index in [1.54, 1.807) is 24.3 Å². The van der Waals surface area contributed by atoms with Gasteiger partial charge in [-0.1, -0.05) is 18.2 Å². The summed E-state index contributed by atoms with van der Waals surface area (Å²) >= 11 is 0. The normalized spacial score (nSPS) is 11.6. The fourth-order valence-electron chi connectivity index (χ4n) is 2.11. The first kappa shape index (κ1) is 15.2. The van der Waals surface area contributed by atoms with Crippen LogP contribution in [0.1, 0.15) is 5.56 Å². The van der Waals surface area contributed by atoms with Crippen molar-refractivity contribution in [1.29, 1.82) is 0 Å². The molecule has 23 heavy (non-hydrogen) atoms. The van der Waals surface area contributed by atoms with E-state index in [1.807, 2.05) is 0 Å². The first-order valence-electron chi connectivity index (χ1n) is 6.46. The van der Waals surface area contributed by atoms with Gasteiger partial charge in [-0.15, -0.1) is 10.2 Å². The van der Waals surface area contributed by atoms with Gasteiger partial charge >= 0.3 is 0 Å². The standard InChI is InChI=1S/C14H10F2N4O2S/c15-11-4-5-13(12(16)7-11)23(21,22)8-9-2-1-3-10(6-9)14-17-19-20-18-14/h1-7H,8H2,(H,17,18,19,20). The predicted molar refractivity (Wildman–Crippen MR) is 76.9 cm³/mol. The lowest BCUT2D eigenvalue weighted by Crippen LogP contribution is -2.07. The SMILES string of the molecule is O=S(=O)(Cc1cccc(-c2nn[nH]n2)c1)c1ccc(F)cc1F. The number of rotatable bonds is 4. The third-order valence-corrected chi connectivity index (χ3v) is 4.83. The van der Waals surface area contributed by atoms with Crippen molar-refractivity contribution in [3.05, 3.63) is 59.7 Å². The summed E-state index contributed by atoms with van der Waals surface area (Å²) in [6.07, 6.45) is 0. The number of nitrogens with zero attached hydrogens (tertiary/aromatic N) is 3. The number of aromatic nitrogens is 4. The molecule has 0 saturated carbocycles. The van der Waals surface area contributed by atoms with Crippen LogP contribution in [-0.4, -0.2) is 29.0 Å². The molecule has 0 aliphatic carbocycles. The van der Waals surface area contributed by atoms with Crippen molar-refractivity contribution in [3.8, 4) is 11.4 Å². The van der Waals surface area contributed by atoms with Gasteiger partial charge in [0.1, 0.15) is 16.5 Å². The first-order valence-corrected chi connectivity index (χ1v) is 8.11. The Labute approximate surface area is 130 Å². The van der Waals surface area contributed by atoms with Gasteiger partial charge < -0.3 is 0 Å². The zero-order chi connectivity index (χ0) is 16.4. The quantitative estimate of drug-likeness (QED) is 0.737. The molecular weight excluding hydrogens is 326 g/mol. The number of aromatic amines is 1. The lowest BCUT2D eigenvalue weighted by Gasteiger charge is -2.07. The number of benzene rings is 2. The second-order valence-electron chi connectivity index (χ2n) is 4.77. The van der Waals surface area contributed by atoms with Gasteiger partial charge in [-0.25, -0.2) is 17.2 Å². The molecule has 0 aliphatic rings. The number of nitrogens with one attached hydrogen (secondary N) is 1. The van der Waals surface area contributed by atoms with Crippen molar-refractivity contribution in [2.75, 3.05) is 0 Å². The van der Waals surface area contributed by atoms with Crippen molar-refractivity contribution in [2.45, 2.75) is 10.6 Å². The van der Waals surface area contributed by atoms with Gasteiger partial charge in [-0.2, -0.15) is 5.21 Å². The smallest absolute Gasteiger partial charge is 0.204 e. The van der Waals surface area contributed by atoms with Crippen LogP contribution in [-0.2, 0) is 15.6 Å². The Morgan fingerprint density at radius 3 is 2.61 bits per heavy atom. The van der Waals surface area contributed by atoms with E-state index in [0.29, 0.717) is 23.0 Å². The van der Waals surface area contributed by atoms with E-state index in [1.165, 1.54) is 0 Å². The highest BCUT2D eigenvalue weighted by atomic mass is 32.2. The van der Waals surface area contributed by atoms with E-state index in [4.69, 9.17) is 0 Å². The van der Waals surface area contributed by atoms with Crippen LogP contribution < -0.4 is 0 Å². The van der Waals surface area contributed by atoms with Gasteiger partial charge in [-0.05, 0) is 29.0 Å². The Balaban J connectivity index is 1.93. The van der Waals surface area contributed by atoms with Gasteiger partial charge in [0.2, 0.25) is 5.82 Å². The zero-order valence-corrected chi connectivity index (χ0v) is 12.4. The van der Waals surface area contributed by atoms with Crippen LogP contribution >= 0.6 is 0 Å². The lowest BCUT2D eigenvalue weighted by molar-refractivity contribution is 0.549. The molecule has 0 saturated heterocycles. The number of halogens is 2. The van der Waals surface area contributed by atoms with Gasteiger partial charge in [0.15, 0.2) is 9.84 Å². The summed E-state index contributed by atoms with van der Waals surface area (Å²) < 4.78 is 51.3. The summed E-state index contributed by atoms with van der Waals surface area (Å²) in [5.74, 6) is -2.06. The average molecular weight is 336 g/mol. The Hall–Kier alpha value is -2.68. The number of hydrogen-bond acceptors (Lipinski definition) is 5. The Bertz CT molecular complexity index is 943. The highest BCUT2D eigenvalue weighted by molar-refractivity contribution is 7.90. The monoisotopic (exact) mass is 336 g/mol. The van der Waals surface area contributed by atoms with Crippen LogP contribution in [0.4, 0.5) is 8.78 Å². The van der Waals surface area contributed by atoms with Gasteiger partial charge in [-0.3, -0.25) is 0 Å². The molecule has 6 nitrogen and oxygen atoms in total. The van der Waals surface area contributed by atoms with Crippen molar-refractivity contribution in [1.82, 2.24) is 20.6 Å². The fourth-order valence-corrected chi connectivity index (χ4v) is 3.51. The lowest BCUT2D eigenvalue weighted by atomic mass is 10.1. The third-order valence-electron chi connectivity index (χ3n) is 3.12. The molecule has 0 spiro atoms. The highest BCUT2D eigenvalue weighted by Crippen LogP contribution is 2.22. The molecule has 1 heterocycles. The van der Waals surface area contributed by atoms with E-state index in [-0.39, 0.29) is 0 Å². The van der Waals surface area contributed by atoms with Crippen molar-refractivity contribution >= 4 is 9.84 Å². The van der Waals surface area contributed by atoms with Crippen LogP contribution in [0, 0.1) is 11.6 Å². The molecule has 0 fully saturated rings. The molecule has 3 rings (SSSR count). The van der Waals surface area contributed by atoms with Crippen LogP contribution in [0.15, 0.2) is 47.4 Å². The maximum Gasteiger partial charge on any atom is 0.204 e. The fraction of sp³-hybridized carbons (Fsp3) is 0.0714. The summed E-state index contributed by atoms with van der Waals surface area (Å²) in [7, 11) is -3.95. The van der Waals surface area contributed by atoms with Crippen molar-refractivity contribution in [2.24, 2.45) is 0 Å². The summed E-state index contributed by atoms with van der Waals surface area (Å²) in [6.45, 7) is 0. The molecule has 1 N–H and O–H groups in total. The highest BCUT2D eigenvalue weighted by Gasteiger charge is 2.20. The summed E-state index contributed by atoms with van der Waals surface area (Å²) in [5.41, 5.74) is 1.00. The minimum Gasteiger partial charge on any atom is -0.223 e. The Kier molecular flexibility index (Phi) is 3.87. The molecule has 0 bridgehead atoms. The molecule has 9 heteroatoms. The second kappa shape index (κ2) is 5.84. The van der Waals surface area contributed by atoms with Crippen LogP contribution in [0.25, 0.3) is 11.4 Å². The van der Waals surface area contributed by atoms with E-state index >= 15 is 0 Å². The van der Waals surface area contributed by atoms with E-state index < -0.39 is 32.1 Å². The molecule has 0 amide bonds. The second-order valence-corrected chi connectivity index (χ2v) is 6.73. The van der Waals surface area contributed by atoms with Crippen molar-refractivity contribution < 1.29 is 17.2 Å². The molecule has 0 aliphatic heterocycles. The van der Waals surface area contributed by atoms with Gasteiger partial charge in [0, 0.05) is 11.6 Å². The number of hydrogen-bond donors (Lipinski definition) is 1. The largest absolute Gasteiger partial charge is 0.223 e. The zero-order valence-electron chi connectivity index (χ0n) is 11.6. The maximum absolute atomic E-state index is 13.7. The van der Waals surface area contributed by atoms with Gasteiger partial charge in [0.25, 0.3) is 0 Å². The van der Waals surface area contributed by atoms with Crippen LogP contribution in [0.2, 0.25) is 0 Å². The molecule has 0 atom stereocenters. The van der Waals surface area contributed by atoms with E-state index in [9.17, 15) is 17.2 Å². The number of H-pyrrole nitrogens is 1. The molecule has 3 aromatic rings.